The molecule has 0 aliphatic carbocycles. The third-order valence-corrected chi connectivity index (χ3v) is 8.68. The number of aromatic amines is 2. The van der Waals surface area contributed by atoms with Gasteiger partial charge in [0.25, 0.3) is 0 Å². The lowest BCUT2D eigenvalue weighted by Gasteiger charge is -2.18. The fourth-order valence-corrected chi connectivity index (χ4v) is 5.82. The van der Waals surface area contributed by atoms with Gasteiger partial charge in [0.05, 0.1) is 12.1 Å². The normalized spacial score (nSPS) is 13.4. The highest BCUT2D eigenvalue weighted by Gasteiger charge is 2.26. The molecule has 0 spiro atoms. The Hall–Kier alpha value is -5.11. The van der Waals surface area contributed by atoms with Crippen molar-refractivity contribution >= 4 is 57.3 Å². The van der Waals surface area contributed by atoms with Crippen molar-refractivity contribution in [2.45, 2.75) is 49.9 Å². The van der Waals surface area contributed by atoms with Gasteiger partial charge in [-0.05, 0) is 53.7 Å². The van der Waals surface area contributed by atoms with Gasteiger partial charge in [-0.2, -0.15) is 11.8 Å². The van der Waals surface area contributed by atoms with Crippen LogP contribution in [0.1, 0.15) is 23.1 Å². The molecular weight excluding hydrogens is 644 g/mol. The first-order valence-corrected chi connectivity index (χ1v) is 17.2. The summed E-state index contributed by atoms with van der Waals surface area (Å²) in [7, 11) is 0. The molecule has 12 nitrogen and oxygen atoms in total. The van der Waals surface area contributed by atoms with E-state index >= 15 is 0 Å². The zero-order valence-electron chi connectivity index (χ0n) is 27.1. The van der Waals surface area contributed by atoms with Crippen LogP contribution >= 0.6 is 11.8 Å². The highest BCUT2D eigenvalue weighted by atomic mass is 32.2. The molecule has 3 aromatic carbocycles. The molecule has 2 aromatic heterocycles. The number of carboxylic acids is 2. The van der Waals surface area contributed by atoms with Gasteiger partial charge in [0.15, 0.2) is 0 Å². The van der Waals surface area contributed by atoms with Gasteiger partial charge in [0.2, 0.25) is 11.8 Å². The average molecular weight is 687 g/mol. The molecule has 0 unspecified atom stereocenters. The Kier molecular flexibility index (Phi) is 13.4. The molecule has 10 N–H and O–H groups in total. The Morgan fingerprint density at radius 3 is 1.59 bits per heavy atom. The van der Waals surface area contributed by atoms with E-state index in [9.17, 15) is 29.4 Å². The van der Waals surface area contributed by atoms with Gasteiger partial charge >= 0.3 is 11.9 Å². The van der Waals surface area contributed by atoms with Gasteiger partial charge in [-0.1, -0.05) is 66.7 Å². The molecule has 4 atom stereocenters. The number of aliphatic carboxylic acids is 2. The van der Waals surface area contributed by atoms with E-state index < -0.39 is 47.9 Å². The molecule has 2 heterocycles. The SMILES string of the molecule is CSCC[C@H](N)C(=O)N[C@@H](Cc1c[nH]c2ccccc12)C(=O)O.N[C@@H](Cc1ccccc1)C(=O)N[C@@H](Cc1c[nH]c2ccccc12)C(=O)O. The van der Waals surface area contributed by atoms with Gasteiger partial charge in [0, 0.05) is 47.0 Å². The Balaban J connectivity index is 0.000000223. The molecule has 0 saturated heterocycles. The Bertz CT molecular complexity index is 1860. The van der Waals surface area contributed by atoms with Gasteiger partial charge in [-0.25, -0.2) is 9.59 Å². The summed E-state index contributed by atoms with van der Waals surface area (Å²) in [6.45, 7) is 0. The zero-order chi connectivity index (χ0) is 35.3. The summed E-state index contributed by atoms with van der Waals surface area (Å²) < 4.78 is 0. The van der Waals surface area contributed by atoms with Gasteiger partial charge in [-0.15, -0.1) is 0 Å². The molecule has 0 bridgehead atoms. The number of hydrogen-bond acceptors (Lipinski definition) is 7. The number of carbonyl (C=O) groups is 4. The van der Waals surface area contributed by atoms with E-state index in [1.54, 1.807) is 24.2 Å². The monoisotopic (exact) mass is 686 g/mol. The van der Waals surface area contributed by atoms with E-state index in [4.69, 9.17) is 11.5 Å². The molecule has 49 heavy (non-hydrogen) atoms. The van der Waals surface area contributed by atoms with Crippen LogP contribution in [0.4, 0.5) is 0 Å². The van der Waals surface area contributed by atoms with E-state index in [-0.39, 0.29) is 12.8 Å². The first-order chi connectivity index (χ1) is 23.6. The topological polar surface area (TPSA) is 216 Å². The second-order valence-corrected chi connectivity index (χ2v) is 12.6. The molecule has 258 valence electrons. The Morgan fingerprint density at radius 1 is 0.673 bits per heavy atom. The smallest absolute Gasteiger partial charge is 0.326 e. The first kappa shape index (κ1) is 36.7. The number of carbonyl (C=O) groups excluding carboxylic acids is 2. The minimum Gasteiger partial charge on any atom is -0.480 e. The second kappa shape index (κ2) is 17.9. The number of nitrogens with two attached hydrogens (primary N) is 2. The lowest BCUT2D eigenvalue weighted by atomic mass is 10.0. The van der Waals surface area contributed by atoms with Crippen LogP contribution in [0.25, 0.3) is 21.8 Å². The summed E-state index contributed by atoms with van der Waals surface area (Å²) in [5.41, 5.74) is 16.2. The summed E-state index contributed by atoms with van der Waals surface area (Å²) in [6, 6.07) is 21.2. The predicted molar refractivity (Wildman–Crippen MR) is 192 cm³/mol. The number of aromatic nitrogens is 2. The van der Waals surface area contributed by atoms with E-state index in [1.807, 2.05) is 85.1 Å². The Morgan fingerprint density at radius 2 is 1.12 bits per heavy atom. The average Bonchev–Trinajstić information content (AvgIpc) is 3.71. The number of para-hydroxylation sites is 2. The van der Waals surface area contributed by atoms with Gasteiger partial charge < -0.3 is 42.3 Å². The first-order valence-electron chi connectivity index (χ1n) is 15.8. The molecule has 0 saturated carbocycles. The number of rotatable bonds is 15. The highest BCUT2D eigenvalue weighted by Crippen LogP contribution is 2.20. The second-order valence-electron chi connectivity index (χ2n) is 11.6. The molecule has 5 aromatic rings. The van der Waals surface area contributed by atoms with Crippen molar-refractivity contribution in [3.05, 3.63) is 108 Å². The number of hydrogen-bond donors (Lipinski definition) is 8. The Labute approximate surface area is 288 Å². The van der Waals surface area contributed by atoms with E-state index in [0.29, 0.717) is 12.8 Å². The van der Waals surface area contributed by atoms with Crippen molar-refractivity contribution in [3.8, 4) is 0 Å². The zero-order valence-corrected chi connectivity index (χ0v) is 27.9. The third-order valence-electron chi connectivity index (χ3n) is 8.03. The number of thioether (sulfide) groups is 1. The van der Waals surface area contributed by atoms with Crippen molar-refractivity contribution in [3.63, 3.8) is 0 Å². The standard InChI is InChI=1S/C20H21N3O3.C16H21N3O3S/c21-16(10-13-6-2-1-3-7-13)19(24)23-18(20(25)26)11-14-12-22-17-9-5-4-8-15(14)17;1-23-7-6-12(17)15(20)19-14(16(21)22)8-10-9-18-13-5-3-2-4-11(10)13/h1-9,12,16,18,22H,10-11,21H2,(H,23,24)(H,25,26);2-5,9,12,14,18H,6-8,17H2,1H3,(H,19,20)(H,21,22)/t16-,18-;12-,14-/m00/s1. The minimum atomic E-state index is -1.09. The third kappa shape index (κ3) is 10.4. The van der Waals surface area contributed by atoms with Crippen LogP contribution in [0.5, 0.6) is 0 Å². The van der Waals surface area contributed by atoms with Crippen LogP contribution in [0, 0.1) is 0 Å². The van der Waals surface area contributed by atoms with Crippen LogP contribution in [0.3, 0.4) is 0 Å². The lowest BCUT2D eigenvalue weighted by molar-refractivity contribution is -0.142. The molecule has 0 radical (unpaired) electrons. The highest BCUT2D eigenvalue weighted by molar-refractivity contribution is 7.98. The maximum atomic E-state index is 12.3. The van der Waals surface area contributed by atoms with E-state index in [1.165, 1.54) is 0 Å². The fourth-order valence-electron chi connectivity index (χ4n) is 5.34. The van der Waals surface area contributed by atoms with Gasteiger partial charge in [0.1, 0.15) is 12.1 Å². The quantitative estimate of drug-likeness (QED) is 0.0810. The predicted octanol–water partition coefficient (Wildman–Crippen LogP) is 3.21. The van der Waals surface area contributed by atoms with Crippen LogP contribution in [0.2, 0.25) is 0 Å². The summed E-state index contributed by atoms with van der Waals surface area (Å²) in [5, 5.41) is 25.9. The summed E-state index contributed by atoms with van der Waals surface area (Å²) in [5.74, 6) is -2.29. The summed E-state index contributed by atoms with van der Waals surface area (Å²) >= 11 is 1.60. The van der Waals surface area contributed by atoms with Crippen molar-refractivity contribution < 1.29 is 29.4 Å². The number of nitrogens with one attached hydrogen (secondary N) is 4. The largest absolute Gasteiger partial charge is 0.480 e. The maximum absolute atomic E-state index is 12.3. The number of fused-ring (bicyclic) bond motifs is 2. The fraction of sp³-hybridized carbons (Fsp3) is 0.278. The molecule has 0 aliphatic rings. The van der Waals surface area contributed by atoms with Crippen molar-refractivity contribution in [1.82, 2.24) is 20.6 Å². The summed E-state index contributed by atoms with van der Waals surface area (Å²) in [4.78, 5) is 53.7. The lowest BCUT2D eigenvalue weighted by Crippen LogP contribution is -2.50. The molecule has 13 heteroatoms. The minimum absolute atomic E-state index is 0.184. The van der Waals surface area contributed by atoms with E-state index in [0.717, 1.165) is 44.2 Å². The van der Waals surface area contributed by atoms with Crippen LogP contribution < -0.4 is 22.1 Å². The molecule has 2 amide bonds. The molecule has 0 fully saturated rings. The maximum Gasteiger partial charge on any atom is 0.326 e. The van der Waals surface area contributed by atoms with Crippen molar-refractivity contribution in [1.29, 1.82) is 0 Å². The van der Waals surface area contributed by atoms with Crippen LogP contribution in [-0.2, 0) is 38.4 Å². The molecule has 5 rings (SSSR count). The number of carboxylic acid groups (broad SMARTS) is 2. The van der Waals surface area contributed by atoms with Gasteiger partial charge in [-0.3, -0.25) is 9.59 Å². The summed E-state index contributed by atoms with van der Waals surface area (Å²) in [6.07, 6.45) is 6.75. The number of benzene rings is 3. The number of H-pyrrole nitrogens is 2. The molecular formula is C36H42N6O6S. The van der Waals surface area contributed by atoms with E-state index in [2.05, 4.69) is 20.6 Å². The van der Waals surface area contributed by atoms with Crippen molar-refractivity contribution in [2.75, 3.05) is 12.0 Å². The molecule has 0 aliphatic heterocycles. The van der Waals surface area contributed by atoms with Crippen LogP contribution in [0.15, 0.2) is 91.3 Å². The van der Waals surface area contributed by atoms with Crippen LogP contribution in [-0.4, -0.2) is 80.1 Å². The van der Waals surface area contributed by atoms with Crippen molar-refractivity contribution in [2.24, 2.45) is 11.5 Å². The number of amides is 2.